The Bertz CT molecular complexity index is 1160. The quantitative estimate of drug-likeness (QED) is 0.675. The van der Waals surface area contributed by atoms with Crippen molar-refractivity contribution in [3.05, 3.63) is 51.9 Å². The van der Waals surface area contributed by atoms with Gasteiger partial charge in [-0.3, -0.25) is 4.79 Å². The van der Waals surface area contributed by atoms with Crippen LogP contribution in [0.15, 0.2) is 39.5 Å². The van der Waals surface area contributed by atoms with Crippen molar-refractivity contribution >= 4 is 16.9 Å². The van der Waals surface area contributed by atoms with Crippen LogP contribution < -0.4 is 19.6 Å². The second kappa shape index (κ2) is 7.50. The highest BCUT2D eigenvalue weighted by Gasteiger charge is 2.20. The van der Waals surface area contributed by atoms with Crippen LogP contribution in [0.4, 0.5) is 0 Å². The van der Waals surface area contributed by atoms with Crippen molar-refractivity contribution in [2.45, 2.75) is 26.7 Å². The van der Waals surface area contributed by atoms with E-state index in [1.165, 1.54) is 0 Å². The van der Waals surface area contributed by atoms with Gasteiger partial charge in [-0.1, -0.05) is 19.4 Å². The van der Waals surface area contributed by atoms with Crippen LogP contribution in [0.3, 0.4) is 0 Å². The smallest absolute Gasteiger partial charge is 0.341 e. The van der Waals surface area contributed by atoms with Crippen LogP contribution in [0, 0.1) is 6.92 Å². The van der Waals surface area contributed by atoms with Crippen molar-refractivity contribution in [1.82, 2.24) is 0 Å². The van der Waals surface area contributed by atoms with E-state index in [1.54, 1.807) is 37.3 Å². The Morgan fingerprint density at radius 3 is 2.72 bits per heavy atom. The molecule has 1 aromatic heterocycles. The predicted octanol–water partition coefficient (Wildman–Crippen LogP) is 3.91. The second-order valence-corrected chi connectivity index (χ2v) is 6.82. The molecule has 150 valence electrons. The van der Waals surface area contributed by atoms with Gasteiger partial charge in [0.05, 0.1) is 10.9 Å². The average molecular weight is 396 g/mol. The molecule has 0 amide bonds. The van der Waals surface area contributed by atoms with Crippen molar-refractivity contribution < 1.29 is 28.5 Å². The molecule has 0 saturated heterocycles. The lowest BCUT2D eigenvalue weighted by atomic mass is 10.00. The molecule has 1 aliphatic heterocycles. The number of hydrogen-bond donors (Lipinski definition) is 1. The first-order valence-electron chi connectivity index (χ1n) is 9.33. The number of hydrogen-bond acceptors (Lipinski definition) is 6. The van der Waals surface area contributed by atoms with Crippen LogP contribution in [0.2, 0.25) is 0 Å². The van der Waals surface area contributed by atoms with Gasteiger partial charge in [-0.05, 0) is 42.7 Å². The summed E-state index contributed by atoms with van der Waals surface area (Å²) < 4.78 is 22.1. The van der Waals surface area contributed by atoms with Gasteiger partial charge in [-0.15, -0.1) is 0 Å². The third kappa shape index (κ3) is 3.51. The highest BCUT2D eigenvalue weighted by Crippen LogP contribution is 2.37. The van der Waals surface area contributed by atoms with E-state index in [-0.39, 0.29) is 12.2 Å². The molecule has 3 aromatic rings. The summed E-state index contributed by atoms with van der Waals surface area (Å²) in [5, 5.41) is 9.33. The Balaban J connectivity index is 1.87. The molecule has 0 unspecified atom stereocenters. The van der Waals surface area contributed by atoms with Gasteiger partial charge in [0, 0.05) is 6.07 Å². The highest BCUT2D eigenvalue weighted by atomic mass is 16.7. The zero-order chi connectivity index (χ0) is 20.5. The molecule has 2 aromatic carbocycles. The molecule has 0 spiro atoms. The number of rotatable bonds is 6. The SMILES string of the molecule is CCCc1cc2c(=O)c(-c3ccc4c(c3)OCO4)c(C)oc2cc1OCC(=O)O. The first-order valence-corrected chi connectivity index (χ1v) is 9.33. The van der Waals surface area contributed by atoms with Gasteiger partial charge in [-0.2, -0.15) is 0 Å². The molecule has 0 aliphatic carbocycles. The van der Waals surface area contributed by atoms with Crippen LogP contribution >= 0.6 is 0 Å². The summed E-state index contributed by atoms with van der Waals surface area (Å²) in [6.07, 6.45) is 1.47. The largest absolute Gasteiger partial charge is 0.481 e. The minimum absolute atomic E-state index is 0.156. The monoisotopic (exact) mass is 396 g/mol. The zero-order valence-electron chi connectivity index (χ0n) is 16.1. The average Bonchev–Trinajstić information content (AvgIpc) is 3.15. The van der Waals surface area contributed by atoms with Crippen LogP contribution in [-0.4, -0.2) is 24.5 Å². The summed E-state index contributed by atoms with van der Waals surface area (Å²) in [7, 11) is 0. The fourth-order valence-corrected chi connectivity index (χ4v) is 3.50. The Morgan fingerprint density at radius 2 is 1.97 bits per heavy atom. The van der Waals surface area contributed by atoms with E-state index < -0.39 is 12.6 Å². The van der Waals surface area contributed by atoms with Gasteiger partial charge in [0.1, 0.15) is 17.1 Å². The first-order chi connectivity index (χ1) is 14.0. The van der Waals surface area contributed by atoms with Crippen molar-refractivity contribution in [2.24, 2.45) is 0 Å². The zero-order valence-corrected chi connectivity index (χ0v) is 16.1. The van der Waals surface area contributed by atoms with E-state index in [4.69, 9.17) is 23.7 Å². The summed E-state index contributed by atoms with van der Waals surface area (Å²) in [5.41, 5.74) is 2.11. The van der Waals surface area contributed by atoms with Gasteiger partial charge < -0.3 is 23.7 Å². The number of fused-ring (bicyclic) bond motifs is 2. The highest BCUT2D eigenvalue weighted by molar-refractivity contribution is 5.85. The standard InChI is InChI=1S/C22H20O7/c1-3-4-13-7-15-18(9-17(13)26-10-20(23)24)29-12(2)21(22(15)25)14-5-6-16-19(8-14)28-11-27-16/h5-9H,3-4,10-11H2,1-2H3,(H,23,24). The molecule has 1 aliphatic rings. The number of carboxylic acids is 1. The minimum atomic E-state index is -1.07. The van der Waals surface area contributed by atoms with Gasteiger partial charge in [0.15, 0.2) is 18.1 Å². The summed E-state index contributed by atoms with van der Waals surface area (Å²) in [6, 6.07) is 8.67. The summed E-state index contributed by atoms with van der Waals surface area (Å²) in [6.45, 7) is 3.42. The van der Waals surface area contributed by atoms with Crippen molar-refractivity contribution in [1.29, 1.82) is 0 Å². The molecule has 2 heterocycles. The molecule has 29 heavy (non-hydrogen) atoms. The summed E-state index contributed by atoms with van der Waals surface area (Å²) in [4.78, 5) is 24.2. The van der Waals surface area contributed by atoms with Crippen LogP contribution in [-0.2, 0) is 11.2 Å². The van der Waals surface area contributed by atoms with Gasteiger partial charge in [0.25, 0.3) is 0 Å². The maximum absolute atomic E-state index is 13.3. The topological polar surface area (TPSA) is 95.2 Å². The van der Waals surface area contributed by atoms with Gasteiger partial charge in [-0.25, -0.2) is 4.79 Å². The van der Waals surface area contributed by atoms with Crippen molar-refractivity contribution in [2.75, 3.05) is 13.4 Å². The minimum Gasteiger partial charge on any atom is -0.481 e. The van der Waals surface area contributed by atoms with Gasteiger partial charge in [0.2, 0.25) is 12.2 Å². The fraction of sp³-hybridized carbons (Fsp3) is 0.273. The third-order valence-corrected chi connectivity index (χ3v) is 4.78. The summed E-state index contributed by atoms with van der Waals surface area (Å²) in [5.74, 6) is 1.03. The number of benzene rings is 2. The number of carbonyl (C=O) groups is 1. The molecule has 0 atom stereocenters. The van der Waals surface area contributed by atoms with Gasteiger partial charge >= 0.3 is 5.97 Å². The second-order valence-electron chi connectivity index (χ2n) is 6.82. The number of aliphatic carboxylic acids is 1. The van der Waals surface area contributed by atoms with E-state index in [0.29, 0.717) is 51.5 Å². The van der Waals surface area contributed by atoms with E-state index in [0.717, 1.165) is 12.0 Å². The maximum Gasteiger partial charge on any atom is 0.341 e. The molecule has 0 saturated carbocycles. The molecule has 1 N–H and O–H groups in total. The molecule has 0 bridgehead atoms. The number of carboxylic acid groups (broad SMARTS) is 1. The third-order valence-electron chi connectivity index (χ3n) is 4.78. The lowest BCUT2D eigenvalue weighted by Crippen LogP contribution is -2.12. The lowest BCUT2D eigenvalue weighted by Gasteiger charge is -2.13. The first kappa shape index (κ1) is 18.9. The Morgan fingerprint density at radius 1 is 1.17 bits per heavy atom. The molecule has 7 heteroatoms. The van der Waals surface area contributed by atoms with Crippen LogP contribution in [0.1, 0.15) is 24.7 Å². The molecule has 7 nitrogen and oxygen atoms in total. The van der Waals surface area contributed by atoms with E-state index in [2.05, 4.69) is 0 Å². The van der Waals surface area contributed by atoms with Crippen LogP contribution in [0.5, 0.6) is 17.2 Å². The summed E-state index contributed by atoms with van der Waals surface area (Å²) >= 11 is 0. The van der Waals surface area contributed by atoms with Crippen molar-refractivity contribution in [3.63, 3.8) is 0 Å². The normalized spacial score (nSPS) is 12.3. The molecular weight excluding hydrogens is 376 g/mol. The molecule has 4 rings (SSSR count). The number of ether oxygens (including phenoxy) is 3. The Hall–Kier alpha value is -3.48. The van der Waals surface area contributed by atoms with Crippen molar-refractivity contribution in [3.8, 4) is 28.4 Å². The Labute approximate surface area is 166 Å². The predicted molar refractivity (Wildman–Crippen MR) is 106 cm³/mol. The van der Waals surface area contributed by atoms with E-state index in [1.807, 2.05) is 6.92 Å². The van der Waals surface area contributed by atoms with E-state index in [9.17, 15) is 9.59 Å². The molecule has 0 radical (unpaired) electrons. The lowest BCUT2D eigenvalue weighted by molar-refractivity contribution is -0.139. The molecule has 0 fully saturated rings. The van der Waals surface area contributed by atoms with E-state index >= 15 is 0 Å². The number of aryl methyl sites for hydroxylation is 2. The Kier molecular flexibility index (Phi) is 4.88. The van der Waals surface area contributed by atoms with Crippen LogP contribution in [0.25, 0.3) is 22.1 Å². The molecular formula is C22H20O7. The fourth-order valence-electron chi connectivity index (χ4n) is 3.50. The maximum atomic E-state index is 13.3.